The first-order valence-electron chi connectivity index (χ1n) is 4.62. The molecule has 0 aromatic heterocycles. The van der Waals surface area contributed by atoms with Crippen LogP contribution in [0, 0.1) is 11.3 Å². The van der Waals surface area contributed by atoms with E-state index < -0.39 is 12.0 Å². The van der Waals surface area contributed by atoms with E-state index in [0.717, 1.165) is 0 Å². The number of halogens is 1. The van der Waals surface area contributed by atoms with Crippen molar-refractivity contribution in [3.63, 3.8) is 0 Å². The fraction of sp³-hybridized carbons (Fsp3) is 0.273. The number of methoxy groups -OCH3 is 1. The first-order chi connectivity index (χ1) is 7.58. The van der Waals surface area contributed by atoms with E-state index in [2.05, 4.69) is 10.1 Å². The fourth-order valence-electron chi connectivity index (χ4n) is 1.17. The maximum absolute atomic E-state index is 11.2. The number of hydrogen-bond acceptors (Lipinski definition) is 4. The number of carbonyl (C=O) groups excluding carboxylic acids is 1. The van der Waals surface area contributed by atoms with Crippen LogP contribution in [0.15, 0.2) is 18.2 Å². The lowest BCUT2D eigenvalue weighted by Gasteiger charge is -2.14. The van der Waals surface area contributed by atoms with E-state index in [0.29, 0.717) is 16.3 Å². The monoisotopic (exact) mass is 238 g/mol. The van der Waals surface area contributed by atoms with Crippen molar-refractivity contribution in [1.82, 2.24) is 0 Å². The lowest BCUT2D eigenvalue weighted by atomic mass is 10.2. The summed E-state index contributed by atoms with van der Waals surface area (Å²) in [7, 11) is 1.31. The van der Waals surface area contributed by atoms with Crippen LogP contribution in [0.25, 0.3) is 0 Å². The molecular formula is C11H11ClN2O2. The van der Waals surface area contributed by atoms with Crippen molar-refractivity contribution in [1.29, 1.82) is 5.26 Å². The number of hydrogen-bond donors (Lipinski definition) is 1. The van der Waals surface area contributed by atoms with Gasteiger partial charge < -0.3 is 10.1 Å². The van der Waals surface area contributed by atoms with Crippen LogP contribution in [-0.4, -0.2) is 19.1 Å². The van der Waals surface area contributed by atoms with Crippen LogP contribution >= 0.6 is 11.6 Å². The molecule has 16 heavy (non-hydrogen) atoms. The Morgan fingerprint density at radius 2 is 2.31 bits per heavy atom. The Balaban J connectivity index is 2.88. The summed E-state index contributed by atoms with van der Waals surface area (Å²) in [5.74, 6) is -0.390. The number of nitriles is 1. The van der Waals surface area contributed by atoms with Gasteiger partial charge in [0, 0.05) is 0 Å². The summed E-state index contributed by atoms with van der Waals surface area (Å²) < 4.78 is 4.57. The maximum atomic E-state index is 11.2. The number of ether oxygens (including phenoxy) is 1. The summed E-state index contributed by atoms with van der Waals surface area (Å²) in [5, 5.41) is 12.1. The molecule has 1 N–H and O–H groups in total. The molecule has 1 atom stereocenters. The van der Waals surface area contributed by atoms with Gasteiger partial charge in [-0.15, -0.1) is 0 Å². The maximum Gasteiger partial charge on any atom is 0.327 e. The summed E-state index contributed by atoms with van der Waals surface area (Å²) in [4.78, 5) is 11.2. The Morgan fingerprint density at radius 3 is 2.88 bits per heavy atom. The molecular weight excluding hydrogens is 228 g/mol. The topological polar surface area (TPSA) is 62.1 Å². The van der Waals surface area contributed by atoms with E-state index in [9.17, 15) is 4.79 Å². The molecule has 0 radical (unpaired) electrons. The predicted octanol–water partition coefficient (Wildman–Crippen LogP) is 2.19. The van der Waals surface area contributed by atoms with Gasteiger partial charge in [0.15, 0.2) is 0 Å². The van der Waals surface area contributed by atoms with Crippen LogP contribution < -0.4 is 5.32 Å². The predicted molar refractivity (Wildman–Crippen MR) is 61.3 cm³/mol. The van der Waals surface area contributed by atoms with E-state index in [4.69, 9.17) is 16.9 Å². The highest BCUT2D eigenvalue weighted by Gasteiger charge is 2.14. The minimum absolute atomic E-state index is 0.390. The van der Waals surface area contributed by atoms with Crippen molar-refractivity contribution >= 4 is 23.3 Å². The molecule has 1 unspecified atom stereocenters. The van der Waals surface area contributed by atoms with Crippen molar-refractivity contribution < 1.29 is 9.53 Å². The van der Waals surface area contributed by atoms with Gasteiger partial charge in [0.2, 0.25) is 0 Å². The quantitative estimate of drug-likeness (QED) is 0.820. The standard InChI is InChI=1S/C11H11ClN2O2/c1-7(11(15)16-2)14-10-5-8(6-13)3-4-9(10)12/h3-5,7,14H,1-2H3. The number of nitrogens with zero attached hydrogens (tertiary/aromatic N) is 1. The molecule has 4 nitrogen and oxygen atoms in total. The van der Waals surface area contributed by atoms with E-state index in [1.54, 1.807) is 25.1 Å². The molecule has 0 saturated heterocycles. The second-order valence-electron chi connectivity index (χ2n) is 3.20. The van der Waals surface area contributed by atoms with Gasteiger partial charge >= 0.3 is 5.97 Å². The Bertz CT molecular complexity index is 440. The number of rotatable bonds is 3. The average molecular weight is 239 g/mol. The third kappa shape index (κ3) is 2.88. The molecule has 0 amide bonds. The molecule has 1 aromatic rings. The van der Waals surface area contributed by atoms with E-state index in [1.807, 2.05) is 6.07 Å². The normalized spacial score (nSPS) is 11.4. The van der Waals surface area contributed by atoms with Crippen LogP contribution in [0.1, 0.15) is 12.5 Å². The van der Waals surface area contributed by atoms with Crippen molar-refractivity contribution in [2.75, 3.05) is 12.4 Å². The van der Waals surface area contributed by atoms with Crippen molar-refractivity contribution in [2.45, 2.75) is 13.0 Å². The molecule has 0 bridgehead atoms. The highest BCUT2D eigenvalue weighted by atomic mass is 35.5. The summed E-state index contributed by atoms with van der Waals surface area (Å²) >= 11 is 5.92. The summed E-state index contributed by atoms with van der Waals surface area (Å²) in [5.41, 5.74) is 1.02. The SMILES string of the molecule is COC(=O)C(C)Nc1cc(C#N)ccc1Cl. The van der Waals surface area contributed by atoms with E-state index >= 15 is 0 Å². The molecule has 0 fully saturated rings. The number of carbonyl (C=O) groups is 1. The highest BCUT2D eigenvalue weighted by Crippen LogP contribution is 2.23. The molecule has 0 spiro atoms. The van der Waals surface area contributed by atoms with Gasteiger partial charge in [-0.25, -0.2) is 4.79 Å². The Morgan fingerprint density at radius 1 is 1.62 bits per heavy atom. The number of esters is 1. The van der Waals surface area contributed by atoms with Crippen molar-refractivity contribution in [3.8, 4) is 6.07 Å². The van der Waals surface area contributed by atoms with Crippen molar-refractivity contribution in [3.05, 3.63) is 28.8 Å². The molecule has 0 heterocycles. The smallest absolute Gasteiger partial charge is 0.327 e. The van der Waals surface area contributed by atoms with Gasteiger partial charge in [-0.3, -0.25) is 0 Å². The van der Waals surface area contributed by atoms with Crippen LogP contribution in [0.4, 0.5) is 5.69 Å². The van der Waals surface area contributed by atoms with Crippen LogP contribution in [0.3, 0.4) is 0 Å². The van der Waals surface area contributed by atoms with Gasteiger partial charge in [0.1, 0.15) is 6.04 Å². The number of benzene rings is 1. The third-order valence-electron chi connectivity index (χ3n) is 2.02. The van der Waals surface area contributed by atoms with Crippen LogP contribution in [0.5, 0.6) is 0 Å². The molecule has 1 aromatic carbocycles. The van der Waals surface area contributed by atoms with Gasteiger partial charge in [0.05, 0.1) is 29.5 Å². The molecule has 5 heteroatoms. The third-order valence-corrected chi connectivity index (χ3v) is 2.35. The van der Waals surface area contributed by atoms with Crippen LogP contribution in [-0.2, 0) is 9.53 Å². The Labute approximate surface area is 98.8 Å². The molecule has 84 valence electrons. The first-order valence-corrected chi connectivity index (χ1v) is 5.00. The summed E-state index contributed by atoms with van der Waals surface area (Å²) in [6.07, 6.45) is 0. The minimum Gasteiger partial charge on any atom is -0.467 e. The number of anilines is 1. The lowest BCUT2D eigenvalue weighted by molar-refractivity contribution is -0.141. The van der Waals surface area contributed by atoms with E-state index in [-0.39, 0.29) is 0 Å². The first kappa shape index (κ1) is 12.3. The zero-order valence-corrected chi connectivity index (χ0v) is 9.71. The summed E-state index contributed by atoms with van der Waals surface area (Å²) in [6.45, 7) is 1.65. The lowest BCUT2D eigenvalue weighted by Crippen LogP contribution is -2.27. The number of nitrogens with one attached hydrogen (secondary N) is 1. The van der Waals surface area contributed by atoms with Gasteiger partial charge in [-0.2, -0.15) is 5.26 Å². The average Bonchev–Trinajstić information content (AvgIpc) is 2.30. The van der Waals surface area contributed by atoms with Gasteiger partial charge in [0.25, 0.3) is 0 Å². The second-order valence-corrected chi connectivity index (χ2v) is 3.60. The van der Waals surface area contributed by atoms with E-state index in [1.165, 1.54) is 7.11 Å². The second kappa shape index (κ2) is 5.38. The summed E-state index contributed by atoms with van der Waals surface area (Å²) in [6, 6.07) is 6.28. The zero-order valence-electron chi connectivity index (χ0n) is 8.95. The molecule has 0 aliphatic rings. The largest absolute Gasteiger partial charge is 0.467 e. The van der Waals surface area contributed by atoms with Crippen LogP contribution in [0.2, 0.25) is 5.02 Å². The Kier molecular flexibility index (Phi) is 4.15. The molecule has 0 aliphatic carbocycles. The van der Waals surface area contributed by atoms with Gasteiger partial charge in [-0.1, -0.05) is 11.6 Å². The minimum atomic E-state index is -0.517. The fourth-order valence-corrected chi connectivity index (χ4v) is 1.35. The zero-order chi connectivity index (χ0) is 12.1. The van der Waals surface area contributed by atoms with Gasteiger partial charge in [-0.05, 0) is 25.1 Å². The van der Waals surface area contributed by atoms with Crippen molar-refractivity contribution in [2.24, 2.45) is 0 Å². The molecule has 0 saturated carbocycles. The molecule has 1 rings (SSSR count). The molecule has 0 aliphatic heterocycles. The highest BCUT2D eigenvalue weighted by molar-refractivity contribution is 6.33. The Hall–Kier alpha value is -1.73.